The maximum atomic E-state index is 12.3. The minimum Gasteiger partial charge on any atom is -0.341 e. The van der Waals surface area contributed by atoms with Crippen molar-refractivity contribution in [1.29, 1.82) is 0 Å². The lowest BCUT2D eigenvalue weighted by molar-refractivity contribution is -0.130. The molecule has 0 aliphatic carbocycles. The molecule has 4 heteroatoms. The van der Waals surface area contributed by atoms with E-state index in [-0.39, 0.29) is 0 Å². The summed E-state index contributed by atoms with van der Waals surface area (Å²) >= 11 is 5.88. The molecule has 2 fully saturated rings. The quantitative estimate of drug-likeness (QED) is 0.854. The fraction of sp³-hybridized carbons (Fsp3) is 0.588. The van der Waals surface area contributed by atoms with Crippen molar-refractivity contribution >= 4 is 17.5 Å². The van der Waals surface area contributed by atoms with Crippen molar-refractivity contribution in [3.8, 4) is 0 Å². The lowest BCUT2D eigenvalue weighted by Crippen LogP contribution is -2.37. The van der Waals surface area contributed by atoms with Gasteiger partial charge < -0.3 is 4.90 Å². The summed E-state index contributed by atoms with van der Waals surface area (Å²) in [5, 5.41) is 0.748. The molecule has 0 radical (unpaired) electrons. The van der Waals surface area contributed by atoms with Gasteiger partial charge in [-0.1, -0.05) is 23.7 Å². The van der Waals surface area contributed by atoms with E-state index in [9.17, 15) is 4.79 Å². The molecule has 2 saturated heterocycles. The van der Waals surface area contributed by atoms with E-state index in [4.69, 9.17) is 11.6 Å². The summed E-state index contributed by atoms with van der Waals surface area (Å²) in [6, 6.07) is 8.40. The van der Waals surface area contributed by atoms with Crippen LogP contribution < -0.4 is 0 Å². The van der Waals surface area contributed by atoms with E-state index in [2.05, 4.69) is 9.80 Å². The second kappa shape index (κ2) is 6.80. The number of carbonyl (C=O) groups is 1. The average molecular weight is 307 g/mol. The maximum Gasteiger partial charge on any atom is 0.222 e. The van der Waals surface area contributed by atoms with Gasteiger partial charge in [0.2, 0.25) is 5.91 Å². The molecule has 2 aliphatic heterocycles. The molecule has 1 aromatic rings. The number of hydrogen-bond acceptors (Lipinski definition) is 2. The first-order chi connectivity index (χ1) is 10.2. The van der Waals surface area contributed by atoms with Gasteiger partial charge in [-0.15, -0.1) is 0 Å². The van der Waals surface area contributed by atoms with Crippen LogP contribution >= 0.6 is 11.6 Å². The first kappa shape index (κ1) is 14.9. The van der Waals surface area contributed by atoms with Crippen molar-refractivity contribution in [3.05, 3.63) is 34.9 Å². The minimum atomic E-state index is 0.298. The Balaban J connectivity index is 1.46. The third-order valence-electron chi connectivity index (χ3n) is 4.71. The zero-order valence-electron chi connectivity index (χ0n) is 12.4. The third kappa shape index (κ3) is 3.78. The summed E-state index contributed by atoms with van der Waals surface area (Å²) in [5.41, 5.74) is 1.18. The van der Waals surface area contributed by atoms with E-state index in [1.807, 2.05) is 24.3 Å². The molecule has 0 spiro atoms. The zero-order chi connectivity index (χ0) is 14.7. The number of halogens is 1. The van der Waals surface area contributed by atoms with Gasteiger partial charge in [-0.3, -0.25) is 9.69 Å². The van der Waals surface area contributed by atoms with Crippen molar-refractivity contribution in [2.45, 2.75) is 38.1 Å². The highest BCUT2D eigenvalue weighted by Crippen LogP contribution is 2.21. The van der Waals surface area contributed by atoms with Gasteiger partial charge in [-0.05, 0) is 56.5 Å². The maximum absolute atomic E-state index is 12.3. The fourth-order valence-corrected chi connectivity index (χ4v) is 3.56. The van der Waals surface area contributed by atoms with Crippen LogP contribution in [0.25, 0.3) is 0 Å². The first-order valence-corrected chi connectivity index (χ1v) is 8.36. The number of aryl methyl sites for hydroxylation is 1. The van der Waals surface area contributed by atoms with Crippen molar-refractivity contribution in [2.24, 2.45) is 0 Å². The Morgan fingerprint density at radius 2 is 1.86 bits per heavy atom. The van der Waals surface area contributed by atoms with E-state index in [0.29, 0.717) is 18.4 Å². The highest BCUT2D eigenvalue weighted by atomic mass is 35.5. The van der Waals surface area contributed by atoms with Crippen molar-refractivity contribution in [1.82, 2.24) is 9.80 Å². The largest absolute Gasteiger partial charge is 0.341 e. The Hall–Kier alpha value is -1.06. The molecule has 2 aliphatic rings. The summed E-state index contributed by atoms with van der Waals surface area (Å²) in [5.74, 6) is 0.298. The number of carbonyl (C=O) groups excluding carboxylic acids is 1. The van der Waals surface area contributed by atoms with E-state index in [0.717, 1.165) is 31.0 Å². The molecule has 1 atom stereocenters. The van der Waals surface area contributed by atoms with Crippen LogP contribution in [0.5, 0.6) is 0 Å². The van der Waals surface area contributed by atoms with E-state index < -0.39 is 0 Å². The SMILES string of the molecule is O=C(CCc1ccc(Cl)cc1)N1CCC(N2CCCC2)C1. The number of benzene rings is 1. The Labute approximate surface area is 131 Å². The molecule has 1 amide bonds. The monoisotopic (exact) mass is 306 g/mol. The first-order valence-electron chi connectivity index (χ1n) is 7.98. The molecule has 1 unspecified atom stereocenters. The number of amides is 1. The van der Waals surface area contributed by atoms with Crippen molar-refractivity contribution in [2.75, 3.05) is 26.2 Å². The molecule has 114 valence electrons. The summed E-state index contributed by atoms with van der Waals surface area (Å²) in [6.45, 7) is 4.30. The average Bonchev–Trinajstić information content (AvgIpc) is 3.17. The van der Waals surface area contributed by atoms with E-state index in [1.165, 1.54) is 31.5 Å². The molecule has 3 nitrogen and oxygen atoms in total. The van der Waals surface area contributed by atoms with Gasteiger partial charge in [-0.2, -0.15) is 0 Å². The van der Waals surface area contributed by atoms with Crippen LogP contribution in [-0.2, 0) is 11.2 Å². The fourth-order valence-electron chi connectivity index (χ4n) is 3.43. The number of hydrogen-bond donors (Lipinski definition) is 0. The number of nitrogens with zero attached hydrogens (tertiary/aromatic N) is 2. The van der Waals surface area contributed by atoms with Gasteiger partial charge in [0.15, 0.2) is 0 Å². The highest BCUT2D eigenvalue weighted by molar-refractivity contribution is 6.30. The zero-order valence-corrected chi connectivity index (χ0v) is 13.2. The lowest BCUT2D eigenvalue weighted by Gasteiger charge is -2.23. The molecule has 0 N–H and O–H groups in total. The second-order valence-corrected chi connectivity index (χ2v) is 6.59. The second-order valence-electron chi connectivity index (χ2n) is 6.15. The van der Waals surface area contributed by atoms with Gasteiger partial charge in [-0.25, -0.2) is 0 Å². The molecular weight excluding hydrogens is 284 g/mol. The predicted octanol–water partition coefficient (Wildman–Crippen LogP) is 2.97. The molecular formula is C17H23ClN2O. The Bertz CT molecular complexity index is 482. The third-order valence-corrected chi connectivity index (χ3v) is 4.97. The van der Waals surface area contributed by atoms with Gasteiger partial charge in [0.25, 0.3) is 0 Å². The van der Waals surface area contributed by atoms with Crippen molar-refractivity contribution < 1.29 is 4.79 Å². The predicted molar refractivity (Wildman–Crippen MR) is 85.6 cm³/mol. The van der Waals surface area contributed by atoms with Crippen LogP contribution in [-0.4, -0.2) is 47.9 Å². The molecule has 0 aromatic heterocycles. The van der Waals surface area contributed by atoms with Crippen LogP contribution in [0.3, 0.4) is 0 Å². The molecule has 0 saturated carbocycles. The minimum absolute atomic E-state index is 0.298. The molecule has 0 bridgehead atoms. The van der Waals surface area contributed by atoms with Crippen LogP contribution in [0.4, 0.5) is 0 Å². The van der Waals surface area contributed by atoms with Gasteiger partial charge in [0.1, 0.15) is 0 Å². The lowest BCUT2D eigenvalue weighted by atomic mass is 10.1. The van der Waals surface area contributed by atoms with E-state index >= 15 is 0 Å². The van der Waals surface area contributed by atoms with Gasteiger partial charge in [0, 0.05) is 30.6 Å². The number of rotatable bonds is 4. The standard InChI is InChI=1S/C17H23ClN2O/c18-15-6-3-14(4-7-15)5-8-17(21)20-12-9-16(13-20)19-10-1-2-11-19/h3-4,6-7,16H,1-2,5,8-13H2. The van der Waals surface area contributed by atoms with Crippen LogP contribution in [0.1, 0.15) is 31.2 Å². The summed E-state index contributed by atoms with van der Waals surface area (Å²) in [7, 11) is 0. The summed E-state index contributed by atoms with van der Waals surface area (Å²) in [4.78, 5) is 16.9. The Kier molecular flexibility index (Phi) is 4.81. The van der Waals surface area contributed by atoms with Crippen molar-refractivity contribution in [3.63, 3.8) is 0 Å². The molecule has 2 heterocycles. The normalized spacial score (nSPS) is 22.9. The Morgan fingerprint density at radius 3 is 2.57 bits per heavy atom. The van der Waals surface area contributed by atoms with Gasteiger partial charge in [0.05, 0.1) is 0 Å². The number of likely N-dealkylation sites (tertiary alicyclic amines) is 2. The molecule has 3 rings (SSSR count). The van der Waals surface area contributed by atoms with Gasteiger partial charge >= 0.3 is 0 Å². The smallest absolute Gasteiger partial charge is 0.222 e. The van der Waals surface area contributed by atoms with Crippen LogP contribution in [0.2, 0.25) is 5.02 Å². The van der Waals surface area contributed by atoms with E-state index in [1.54, 1.807) is 0 Å². The molecule has 1 aromatic carbocycles. The summed E-state index contributed by atoms with van der Waals surface area (Å²) in [6.07, 6.45) is 5.20. The molecule has 21 heavy (non-hydrogen) atoms. The Morgan fingerprint density at radius 1 is 1.14 bits per heavy atom. The topological polar surface area (TPSA) is 23.6 Å². The highest BCUT2D eigenvalue weighted by Gasteiger charge is 2.31. The van der Waals surface area contributed by atoms with Crippen LogP contribution in [0, 0.1) is 0 Å². The summed E-state index contributed by atoms with van der Waals surface area (Å²) < 4.78 is 0. The van der Waals surface area contributed by atoms with Crippen LogP contribution in [0.15, 0.2) is 24.3 Å².